The fourth-order valence-electron chi connectivity index (χ4n) is 2.68. The molecule has 0 aliphatic carbocycles. The summed E-state index contributed by atoms with van der Waals surface area (Å²) in [5.41, 5.74) is 2.03. The zero-order valence-electron chi connectivity index (χ0n) is 15.4. The van der Waals surface area contributed by atoms with Gasteiger partial charge in [0.25, 0.3) is 0 Å². The van der Waals surface area contributed by atoms with Crippen LogP contribution in [0.2, 0.25) is 0 Å². The van der Waals surface area contributed by atoms with Crippen molar-refractivity contribution in [1.29, 1.82) is 0 Å². The van der Waals surface area contributed by atoms with Gasteiger partial charge in [-0.15, -0.1) is 0 Å². The number of methoxy groups -OCH3 is 2. The van der Waals surface area contributed by atoms with Crippen molar-refractivity contribution in [3.8, 4) is 34.5 Å². The molecule has 0 unspecified atom stereocenters. The number of aryl methyl sites for hydroxylation is 2. The van der Waals surface area contributed by atoms with Crippen molar-refractivity contribution < 1.29 is 18.9 Å². The molecule has 0 fully saturated rings. The van der Waals surface area contributed by atoms with E-state index in [9.17, 15) is 0 Å². The van der Waals surface area contributed by atoms with Crippen LogP contribution in [-0.4, -0.2) is 14.2 Å². The average molecular weight is 350 g/mol. The lowest BCUT2D eigenvalue weighted by molar-refractivity contribution is 0.371. The molecule has 0 radical (unpaired) electrons. The van der Waals surface area contributed by atoms with Crippen LogP contribution in [0, 0.1) is 13.8 Å². The highest BCUT2D eigenvalue weighted by Crippen LogP contribution is 2.38. The summed E-state index contributed by atoms with van der Waals surface area (Å²) >= 11 is 0. The lowest BCUT2D eigenvalue weighted by Gasteiger charge is -2.16. The van der Waals surface area contributed by atoms with E-state index in [1.807, 2.05) is 74.5 Å². The Hall–Kier alpha value is -3.14. The predicted molar refractivity (Wildman–Crippen MR) is 102 cm³/mol. The second-order valence-corrected chi connectivity index (χ2v) is 5.89. The van der Waals surface area contributed by atoms with Crippen LogP contribution in [0.4, 0.5) is 0 Å². The largest absolute Gasteiger partial charge is 0.493 e. The van der Waals surface area contributed by atoms with Crippen molar-refractivity contribution in [1.82, 2.24) is 0 Å². The maximum Gasteiger partial charge on any atom is 0.169 e. The number of hydrogen-bond acceptors (Lipinski definition) is 4. The molecule has 4 nitrogen and oxygen atoms in total. The van der Waals surface area contributed by atoms with Crippen molar-refractivity contribution >= 4 is 0 Å². The van der Waals surface area contributed by atoms with E-state index in [4.69, 9.17) is 18.9 Å². The first-order valence-corrected chi connectivity index (χ1v) is 8.35. The minimum Gasteiger partial charge on any atom is -0.493 e. The normalized spacial score (nSPS) is 10.3. The number of ether oxygens (including phenoxy) is 4. The molecule has 0 aliphatic rings. The van der Waals surface area contributed by atoms with Gasteiger partial charge in [0.2, 0.25) is 0 Å². The molecular weight excluding hydrogens is 328 g/mol. The summed E-state index contributed by atoms with van der Waals surface area (Å²) in [6.45, 7) is 4.01. The fraction of sp³-hybridized carbons (Fsp3) is 0.182. The van der Waals surface area contributed by atoms with Crippen LogP contribution in [0.3, 0.4) is 0 Å². The van der Waals surface area contributed by atoms with E-state index in [1.54, 1.807) is 14.2 Å². The van der Waals surface area contributed by atoms with Crippen LogP contribution >= 0.6 is 0 Å². The third-order valence-corrected chi connectivity index (χ3v) is 4.05. The lowest BCUT2D eigenvalue weighted by Crippen LogP contribution is -1.95. The van der Waals surface area contributed by atoms with Crippen LogP contribution in [0.5, 0.6) is 34.5 Å². The standard InChI is InChI=1S/C22H22O4/c1-15-13-16(2)22(26-20-12-8-6-10-18(20)24-4)14-21(15)25-19-11-7-5-9-17(19)23-3/h5-14H,1-4H3. The van der Waals surface area contributed by atoms with E-state index >= 15 is 0 Å². The van der Waals surface area contributed by atoms with E-state index in [-0.39, 0.29) is 0 Å². The Morgan fingerprint density at radius 1 is 0.500 bits per heavy atom. The summed E-state index contributed by atoms with van der Waals surface area (Å²) in [4.78, 5) is 0. The van der Waals surface area contributed by atoms with Gasteiger partial charge in [-0.2, -0.15) is 0 Å². The summed E-state index contributed by atoms with van der Waals surface area (Å²) in [6.07, 6.45) is 0. The molecule has 26 heavy (non-hydrogen) atoms. The van der Waals surface area contributed by atoms with Gasteiger partial charge in [-0.25, -0.2) is 0 Å². The summed E-state index contributed by atoms with van der Waals surface area (Å²) in [5, 5.41) is 0. The second-order valence-electron chi connectivity index (χ2n) is 5.89. The number of benzene rings is 3. The van der Waals surface area contributed by atoms with Crippen LogP contribution in [0.15, 0.2) is 60.7 Å². The first-order valence-electron chi connectivity index (χ1n) is 8.35. The molecule has 0 atom stereocenters. The van der Waals surface area contributed by atoms with Gasteiger partial charge >= 0.3 is 0 Å². The third-order valence-electron chi connectivity index (χ3n) is 4.05. The van der Waals surface area contributed by atoms with E-state index in [2.05, 4.69) is 0 Å². The van der Waals surface area contributed by atoms with Crippen molar-refractivity contribution in [3.63, 3.8) is 0 Å². The Balaban J connectivity index is 1.94. The summed E-state index contributed by atoms with van der Waals surface area (Å²) < 4.78 is 22.9. The lowest BCUT2D eigenvalue weighted by atomic mass is 10.1. The van der Waals surface area contributed by atoms with Crippen LogP contribution in [0.1, 0.15) is 11.1 Å². The molecule has 0 heterocycles. The Labute approximate surface area is 153 Å². The van der Waals surface area contributed by atoms with Gasteiger partial charge in [0.15, 0.2) is 23.0 Å². The van der Waals surface area contributed by atoms with Gasteiger partial charge < -0.3 is 18.9 Å². The molecule has 0 aromatic heterocycles. The smallest absolute Gasteiger partial charge is 0.169 e. The zero-order valence-corrected chi connectivity index (χ0v) is 15.4. The minimum atomic E-state index is 0.658. The van der Waals surface area contributed by atoms with E-state index < -0.39 is 0 Å². The Bertz CT molecular complexity index is 832. The maximum absolute atomic E-state index is 6.08. The Kier molecular flexibility index (Phi) is 5.32. The van der Waals surface area contributed by atoms with Crippen molar-refractivity contribution in [3.05, 3.63) is 71.8 Å². The van der Waals surface area contributed by atoms with Crippen LogP contribution in [0.25, 0.3) is 0 Å². The third kappa shape index (κ3) is 3.75. The van der Waals surface area contributed by atoms with E-state index in [1.165, 1.54) is 0 Å². The maximum atomic E-state index is 6.08. The monoisotopic (exact) mass is 350 g/mol. The molecule has 4 heteroatoms. The molecule has 0 saturated carbocycles. The second kappa shape index (κ2) is 7.83. The molecule has 0 aliphatic heterocycles. The van der Waals surface area contributed by atoms with Gasteiger partial charge in [-0.1, -0.05) is 24.3 Å². The van der Waals surface area contributed by atoms with Crippen LogP contribution < -0.4 is 18.9 Å². The molecule has 3 aromatic carbocycles. The SMILES string of the molecule is COc1ccccc1Oc1cc(Oc2ccccc2OC)c(C)cc1C. The van der Waals surface area contributed by atoms with Crippen molar-refractivity contribution in [2.24, 2.45) is 0 Å². The Morgan fingerprint density at radius 3 is 1.27 bits per heavy atom. The highest BCUT2D eigenvalue weighted by atomic mass is 16.5. The fourth-order valence-corrected chi connectivity index (χ4v) is 2.68. The quantitative estimate of drug-likeness (QED) is 0.554. The van der Waals surface area contributed by atoms with E-state index in [0.717, 1.165) is 11.1 Å². The van der Waals surface area contributed by atoms with Crippen molar-refractivity contribution in [2.75, 3.05) is 14.2 Å². The molecule has 0 amide bonds. The van der Waals surface area contributed by atoms with Gasteiger partial charge in [0.05, 0.1) is 14.2 Å². The van der Waals surface area contributed by atoms with Crippen LogP contribution in [-0.2, 0) is 0 Å². The molecule has 3 rings (SSSR count). The molecule has 134 valence electrons. The molecule has 0 spiro atoms. The number of para-hydroxylation sites is 4. The highest BCUT2D eigenvalue weighted by molar-refractivity contribution is 5.52. The topological polar surface area (TPSA) is 36.9 Å². The first-order chi connectivity index (χ1) is 12.6. The Morgan fingerprint density at radius 2 is 0.885 bits per heavy atom. The highest BCUT2D eigenvalue weighted by Gasteiger charge is 2.12. The van der Waals surface area contributed by atoms with E-state index in [0.29, 0.717) is 34.5 Å². The molecule has 0 N–H and O–H groups in total. The molecule has 0 saturated heterocycles. The molecular formula is C22H22O4. The van der Waals surface area contributed by atoms with Gasteiger partial charge in [-0.05, 0) is 55.3 Å². The predicted octanol–water partition coefficient (Wildman–Crippen LogP) is 5.91. The summed E-state index contributed by atoms with van der Waals surface area (Å²) in [6, 6.07) is 19.0. The molecule has 0 bridgehead atoms. The summed E-state index contributed by atoms with van der Waals surface area (Å²) in [5.74, 6) is 4.10. The van der Waals surface area contributed by atoms with Gasteiger partial charge in [0, 0.05) is 6.07 Å². The number of rotatable bonds is 6. The van der Waals surface area contributed by atoms with Gasteiger partial charge in [0.1, 0.15) is 11.5 Å². The number of hydrogen-bond donors (Lipinski definition) is 0. The first kappa shape index (κ1) is 17.7. The van der Waals surface area contributed by atoms with Gasteiger partial charge in [-0.3, -0.25) is 0 Å². The zero-order chi connectivity index (χ0) is 18.5. The average Bonchev–Trinajstić information content (AvgIpc) is 2.66. The molecule has 3 aromatic rings. The summed E-state index contributed by atoms with van der Waals surface area (Å²) in [7, 11) is 3.25. The minimum absolute atomic E-state index is 0.658. The van der Waals surface area contributed by atoms with Crippen molar-refractivity contribution in [2.45, 2.75) is 13.8 Å².